The van der Waals surface area contributed by atoms with Gasteiger partial charge in [0, 0.05) is 6.54 Å². The summed E-state index contributed by atoms with van der Waals surface area (Å²) < 4.78 is 0. The van der Waals surface area contributed by atoms with E-state index in [9.17, 15) is 9.90 Å². The number of aliphatic hydroxyl groups is 1. The Kier molecular flexibility index (Phi) is 2.25. The Morgan fingerprint density at radius 1 is 1.29 bits per heavy atom. The van der Waals surface area contributed by atoms with E-state index in [2.05, 4.69) is 5.32 Å². The molecule has 2 N–H and O–H groups in total. The van der Waals surface area contributed by atoms with Gasteiger partial charge in [-0.25, -0.2) is 0 Å². The molecule has 0 bridgehead atoms. The molecule has 1 fully saturated rings. The van der Waals surface area contributed by atoms with Gasteiger partial charge in [-0.05, 0) is 12.0 Å². The summed E-state index contributed by atoms with van der Waals surface area (Å²) in [6, 6.07) is 9.37. The molecule has 1 atom stereocenters. The highest BCUT2D eigenvalue weighted by Crippen LogP contribution is 2.30. The molecule has 2 rings (SSSR count). The van der Waals surface area contributed by atoms with Crippen LogP contribution in [0.15, 0.2) is 30.3 Å². The monoisotopic (exact) mass is 191 g/mol. The quantitative estimate of drug-likeness (QED) is 0.689. The van der Waals surface area contributed by atoms with Gasteiger partial charge in [-0.15, -0.1) is 0 Å². The van der Waals surface area contributed by atoms with E-state index in [0.29, 0.717) is 13.0 Å². The van der Waals surface area contributed by atoms with Crippen LogP contribution >= 0.6 is 0 Å². The molecule has 3 heteroatoms. The Bertz CT molecular complexity index is 336. The van der Waals surface area contributed by atoms with E-state index in [-0.39, 0.29) is 12.3 Å². The number of nitrogens with one attached hydrogen (secondary N) is 1. The Hall–Kier alpha value is -1.35. The zero-order valence-corrected chi connectivity index (χ0v) is 7.86. The minimum Gasteiger partial charge on any atom is -0.385 e. The molecule has 1 aliphatic heterocycles. The second kappa shape index (κ2) is 3.42. The van der Waals surface area contributed by atoms with E-state index in [1.54, 1.807) is 0 Å². The minimum absolute atomic E-state index is 0.0809. The third-order valence-electron chi connectivity index (χ3n) is 2.62. The van der Waals surface area contributed by atoms with E-state index in [1.165, 1.54) is 0 Å². The van der Waals surface area contributed by atoms with Crippen molar-refractivity contribution in [2.45, 2.75) is 18.4 Å². The fraction of sp³-hybridized carbons (Fsp3) is 0.364. The smallest absolute Gasteiger partial charge is 0.223 e. The van der Waals surface area contributed by atoms with Crippen molar-refractivity contribution in [1.82, 2.24) is 5.32 Å². The van der Waals surface area contributed by atoms with Gasteiger partial charge in [0.1, 0.15) is 5.60 Å². The van der Waals surface area contributed by atoms with Crippen LogP contribution in [0.5, 0.6) is 0 Å². The second-order valence-electron chi connectivity index (χ2n) is 3.67. The summed E-state index contributed by atoms with van der Waals surface area (Å²) in [7, 11) is 0. The molecule has 0 saturated carbocycles. The summed E-state index contributed by atoms with van der Waals surface area (Å²) in [5, 5.41) is 13.0. The van der Waals surface area contributed by atoms with Crippen molar-refractivity contribution in [3.8, 4) is 0 Å². The van der Waals surface area contributed by atoms with Crippen molar-refractivity contribution in [3.05, 3.63) is 35.9 Å². The van der Waals surface area contributed by atoms with Crippen LogP contribution in [0.2, 0.25) is 0 Å². The third kappa shape index (κ3) is 1.63. The average molecular weight is 191 g/mol. The summed E-state index contributed by atoms with van der Waals surface area (Å²) in [5.41, 5.74) is -0.140. The first-order valence-electron chi connectivity index (χ1n) is 4.75. The number of hydrogen-bond donors (Lipinski definition) is 2. The largest absolute Gasteiger partial charge is 0.385 e. The lowest BCUT2D eigenvalue weighted by Crippen LogP contribution is -2.43. The van der Waals surface area contributed by atoms with Gasteiger partial charge in [0.25, 0.3) is 0 Å². The lowest BCUT2D eigenvalue weighted by molar-refractivity contribution is -0.130. The predicted octanol–water partition coefficient (Wildman–Crippen LogP) is 0.784. The minimum atomic E-state index is -0.969. The summed E-state index contributed by atoms with van der Waals surface area (Å²) in [6.45, 7) is 0.546. The molecule has 0 spiro atoms. The van der Waals surface area contributed by atoms with E-state index < -0.39 is 5.60 Å². The van der Waals surface area contributed by atoms with Crippen LogP contribution in [0.3, 0.4) is 0 Å². The fourth-order valence-electron chi connectivity index (χ4n) is 1.82. The van der Waals surface area contributed by atoms with Crippen LogP contribution in [0.4, 0.5) is 0 Å². The average Bonchev–Trinajstić information content (AvgIpc) is 2.19. The summed E-state index contributed by atoms with van der Waals surface area (Å²) in [4.78, 5) is 11.2. The van der Waals surface area contributed by atoms with Gasteiger partial charge < -0.3 is 10.4 Å². The van der Waals surface area contributed by atoms with Gasteiger partial charge in [-0.1, -0.05) is 30.3 Å². The summed E-state index contributed by atoms with van der Waals surface area (Å²) in [5.74, 6) is -0.0809. The van der Waals surface area contributed by atoms with E-state index in [4.69, 9.17) is 0 Å². The van der Waals surface area contributed by atoms with Gasteiger partial charge in [-0.2, -0.15) is 0 Å². The van der Waals surface area contributed by atoms with Crippen molar-refractivity contribution in [2.75, 3.05) is 6.54 Å². The third-order valence-corrected chi connectivity index (χ3v) is 2.62. The molecule has 1 saturated heterocycles. The first-order valence-corrected chi connectivity index (χ1v) is 4.75. The van der Waals surface area contributed by atoms with Gasteiger partial charge in [0.15, 0.2) is 0 Å². The Labute approximate surface area is 82.8 Å². The Balaban J connectivity index is 2.27. The Morgan fingerprint density at radius 3 is 2.64 bits per heavy atom. The number of amides is 1. The maximum absolute atomic E-state index is 11.2. The maximum atomic E-state index is 11.2. The normalized spacial score (nSPS) is 27.1. The maximum Gasteiger partial charge on any atom is 0.223 e. The van der Waals surface area contributed by atoms with Crippen molar-refractivity contribution in [2.24, 2.45) is 0 Å². The van der Waals surface area contributed by atoms with Gasteiger partial charge >= 0.3 is 0 Å². The van der Waals surface area contributed by atoms with Crippen LogP contribution in [-0.4, -0.2) is 17.6 Å². The van der Waals surface area contributed by atoms with Crippen molar-refractivity contribution < 1.29 is 9.90 Å². The number of rotatable bonds is 1. The highest BCUT2D eigenvalue weighted by atomic mass is 16.3. The van der Waals surface area contributed by atoms with E-state index in [1.807, 2.05) is 30.3 Å². The second-order valence-corrected chi connectivity index (χ2v) is 3.67. The van der Waals surface area contributed by atoms with Crippen molar-refractivity contribution in [1.29, 1.82) is 0 Å². The number of carbonyl (C=O) groups is 1. The fourth-order valence-corrected chi connectivity index (χ4v) is 1.82. The van der Waals surface area contributed by atoms with Crippen LogP contribution in [0.25, 0.3) is 0 Å². The molecule has 0 radical (unpaired) electrons. The molecule has 1 heterocycles. The van der Waals surface area contributed by atoms with Crippen LogP contribution in [0.1, 0.15) is 18.4 Å². The van der Waals surface area contributed by atoms with Crippen LogP contribution in [0, 0.1) is 0 Å². The molecule has 14 heavy (non-hydrogen) atoms. The molecular formula is C11H13NO2. The molecule has 0 aliphatic carbocycles. The van der Waals surface area contributed by atoms with Crippen LogP contribution in [-0.2, 0) is 10.4 Å². The molecule has 1 aromatic carbocycles. The molecule has 3 nitrogen and oxygen atoms in total. The number of benzene rings is 1. The van der Waals surface area contributed by atoms with Crippen molar-refractivity contribution in [3.63, 3.8) is 0 Å². The highest BCUT2D eigenvalue weighted by Gasteiger charge is 2.34. The molecular weight excluding hydrogens is 178 g/mol. The zero-order valence-electron chi connectivity index (χ0n) is 7.86. The molecule has 1 amide bonds. The summed E-state index contributed by atoms with van der Waals surface area (Å²) >= 11 is 0. The molecule has 74 valence electrons. The van der Waals surface area contributed by atoms with Crippen LogP contribution < -0.4 is 5.32 Å². The topological polar surface area (TPSA) is 49.3 Å². The predicted molar refractivity (Wildman–Crippen MR) is 52.6 cm³/mol. The lowest BCUT2D eigenvalue weighted by atomic mass is 9.85. The summed E-state index contributed by atoms with van der Waals surface area (Å²) in [6.07, 6.45) is 0.750. The van der Waals surface area contributed by atoms with E-state index >= 15 is 0 Å². The van der Waals surface area contributed by atoms with Crippen molar-refractivity contribution >= 4 is 5.91 Å². The van der Waals surface area contributed by atoms with Gasteiger partial charge in [0.2, 0.25) is 5.91 Å². The first-order chi connectivity index (χ1) is 6.71. The highest BCUT2D eigenvalue weighted by molar-refractivity contribution is 5.78. The SMILES string of the molecule is O=C1CC(O)(c2ccccc2)CCN1. The molecule has 1 aliphatic rings. The van der Waals surface area contributed by atoms with Gasteiger partial charge in [-0.3, -0.25) is 4.79 Å². The number of hydrogen-bond acceptors (Lipinski definition) is 2. The number of carbonyl (C=O) groups excluding carboxylic acids is 1. The first kappa shape index (κ1) is 9.21. The lowest BCUT2D eigenvalue weighted by Gasteiger charge is -2.32. The zero-order chi connectivity index (χ0) is 10.0. The van der Waals surface area contributed by atoms with Gasteiger partial charge in [0.05, 0.1) is 6.42 Å². The molecule has 1 aromatic rings. The number of piperidine rings is 1. The standard InChI is InChI=1S/C11H13NO2/c13-10-8-11(14,6-7-12-10)9-4-2-1-3-5-9/h1-5,14H,6-8H2,(H,12,13). The molecule has 1 unspecified atom stereocenters. The van der Waals surface area contributed by atoms with E-state index in [0.717, 1.165) is 5.56 Å². The molecule has 0 aromatic heterocycles. The Morgan fingerprint density at radius 2 is 2.00 bits per heavy atom.